The fourth-order valence-corrected chi connectivity index (χ4v) is 11.8. The number of fused-ring (bicyclic) bond motifs is 12. The van der Waals surface area contributed by atoms with Gasteiger partial charge in [-0.25, -0.2) is 0 Å². The minimum absolute atomic E-state index is 0.0429. The second-order valence-electron chi connectivity index (χ2n) is 18.7. The van der Waals surface area contributed by atoms with Crippen molar-refractivity contribution in [3.05, 3.63) is 214 Å². The molecule has 0 fully saturated rings. The van der Waals surface area contributed by atoms with Gasteiger partial charge in [0.2, 0.25) is 0 Å². The van der Waals surface area contributed by atoms with E-state index in [9.17, 15) is 0 Å². The zero-order valence-corrected chi connectivity index (χ0v) is 35.1. The fourth-order valence-electron chi connectivity index (χ4n) is 11.8. The largest absolute Gasteiger partial charge is 0.378 e. The van der Waals surface area contributed by atoms with Gasteiger partial charge in [0.15, 0.2) is 0 Å². The quantitative estimate of drug-likeness (QED) is 0.192. The van der Waals surface area contributed by atoms with Crippen LogP contribution in [0.25, 0.3) is 44.2 Å². The average Bonchev–Trinajstić information content (AvgIpc) is 3.67. The van der Waals surface area contributed by atoms with Crippen molar-refractivity contribution < 1.29 is 0 Å². The minimum Gasteiger partial charge on any atom is -0.378 e. The Morgan fingerprint density at radius 2 is 1.22 bits per heavy atom. The number of rotatable bonds is 4. The molecule has 292 valence electrons. The molecule has 12 rings (SSSR count). The zero-order valence-electron chi connectivity index (χ0n) is 35.1. The van der Waals surface area contributed by atoms with Crippen molar-refractivity contribution in [2.45, 2.75) is 58.5 Å². The highest BCUT2D eigenvalue weighted by molar-refractivity contribution is 6.05. The first-order valence-corrected chi connectivity index (χ1v) is 22.0. The summed E-state index contributed by atoms with van der Waals surface area (Å²) < 4.78 is 0. The second kappa shape index (κ2) is 13.1. The van der Waals surface area contributed by atoms with E-state index in [4.69, 9.17) is 0 Å². The van der Waals surface area contributed by atoms with Gasteiger partial charge in [-0.1, -0.05) is 156 Å². The van der Waals surface area contributed by atoms with Crippen LogP contribution in [0, 0.1) is 17.8 Å². The molecule has 0 amide bonds. The highest BCUT2D eigenvalue weighted by Gasteiger charge is 2.46. The number of benzene rings is 6. The van der Waals surface area contributed by atoms with Crippen molar-refractivity contribution >= 4 is 33.3 Å². The van der Waals surface area contributed by atoms with E-state index in [1.807, 2.05) is 0 Å². The van der Waals surface area contributed by atoms with Crippen molar-refractivity contribution in [3.63, 3.8) is 0 Å². The molecule has 0 radical (unpaired) electrons. The number of hydrogen-bond donors (Lipinski definition) is 1. The Balaban J connectivity index is 0.952. The maximum Gasteiger partial charge on any atom is 0.0656 e. The Morgan fingerprint density at radius 1 is 0.567 bits per heavy atom. The van der Waals surface area contributed by atoms with E-state index < -0.39 is 0 Å². The van der Waals surface area contributed by atoms with Crippen LogP contribution in [-0.4, -0.2) is 12.1 Å². The molecule has 2 aliphatic heterocycles. The van der Waals surface area contributed by atoms with Crippen LogP contribution in [0.5, 0.6) is 0 Å². The van der Waals surface area contributed by atoms with Gasteiger partial charge in [-0.05, 0) is 144 Å². The van der Waals surface area contributed by atoms with Crippen LogP contribution in [-0.2, 0) is 5.41 Å². The summed E-state index contributed by atoms with van der Waals surface area (Å²) in [5, 5.41) is 6.67. The first kappa shape index (κ1) is 35.6. The highest BCUT2D eigenvalue weighted by atomic mass is 15.2. The summed E-state index contributed by atoms with van der Waals surface area (Å²) in [5.41, 5.74) is 23.1. The molecule has 0 saturated heterocycles. The van der Waals surface area contributed by atoms with Crippen molar-refractivity contribution in [2.75, 3.05) is 10.2 Å². The van der Waals surface area contributed by atoms with Crippen LogP contribution in [0.3, 0.4) is 0 Å². The van der Waals surface area contributed by atoms with Crippen LogP contribution in [0.2, 0.25) is 0 Å². The molecule has 0 aromatic heterocycles. The molecule has 5 unspecified atom stereocenters. The van der Waals surface area contributed by atoms with Crippen molar-refractivity contribution in [2.24, 2.45) is 17.8 Å². The molecular formula is C58H50N2. The summed E-state index contributed by atoms with van der Waals surface area (Å²) in [6.07, 6.45) is 13.8. The molecule has 1 N–H and O–H groups in total. The van der Waals surface area contributed by atoms with Gasteiger partial charge in [-0.2, -0.15) is 0 Å². The molecule has 6 aromatic carbocycles. The van der Waals surface area contributed by atoms with E-state index in [0.29, 0.717) is 11.8 Å². The van der Waals surface area contributed by atoms with Gasteiger partial charge < -0.3 is 10.2 Å². The second-order valence-corrected chi connectivity index (χ2v) is 18.7. The predicted molar refractivity (Wildman–Crippen MR) is 253 cm³/mol. The first-order valence-electron chi connectivity index (χ1n) is 22.0. The standard InChI is InChI=1S/C58H50N2/c1-34-25-49-48-30-39-18-10-9-17-38(39)29-47(48)45-20-12-14-22-54(45)60-56-36(3)28-41(32-51(56)50(26-34)57(49)60)40-27-35(2)55(46(31-40)37-15-7-6-8-16-37)59-42-23-24-44-43-19-11-13-21-52(43)58(4,5)53(44)33-42/h6-25,27-36,55-56,59H,26H2,1-5H3. The molecule has 5 atom stereocenters. The van der Waals surface area contributed by atoms with Crippen LogP contribution in [0.1, 0.15) is 63.3 Å². The van der Waals surface area contributed by atoms with Crippen LogP contribution in [0.15, 0.2) is 192 Å². The van der Waals surface area contributed by atoms with Gasteiger partial charge >= 0.3 is 0 Å². The summed E-state index contributed by atoms with van der Waals surface area (Å²) in [5.74, 6) is 0.999. The number of nitrogens with one attached hydrogen (secondary N) is 1. The maximum atomic E-state index is 4.08. The molecule has 2 heteroatoms. The van der Waals surface area contributed by atoms with Crippen LogP contribution >= 0.6 is 0 Å². The molecule has 6 aromatic rings. The summed E-state index contributed by atoms with van der Waals surface area (Å²) in [6.45, 7) is 12.0. The van der Waals surface area contributed by atoms with Gasteiger partial charge in [0.1, 0.15) is 0 Å². The number of anilines is 2. The maximum absolute atomic E-state index is 4.08. The minimum atomic E-state index is -0.0429. The molecular weight excluding hydrogens is 725 g/mol. The molecule has 2 heterocycles. The molecule has 4 aliphatic carbocycles. The third-order valence-electron chi connectivity index (χ3n) is 14.5. The first-order chi connectivity index (χ1) is 29.2. The molecule has 0 bridgehead atoms. The van der Waals surface area contributed by atoms with E-state index in [2.05, 4.69) is 209 Å². The smallest absolute Gasteiger partial charge is 0.0656 e. The predicted octanol–water partition coefficient (Wildman–Crippen LogP) is 14.3. The Kier molecular flexibility index (Phi) is 7.74. The lowest BCUT2D eigenvalue weighted by molar-refractivity contribution is 0.592. The summed E-state index contributed by atoms with van der Waals surface area (Å²) >= 11 is 0. The van der Waals surface area contributed by atoms with Gasteiger partial charge in [0.25, 0.3) is 0 Å². The monoisotopic (exact) mass is 774 g/mol. The van der Waals surface area contributed by atoms with E-state index in [-0.39, 0.29) is 23.4 Å². The summed E-state index contributed by atoms with van der Waals surface area (Å²) in [6, 6.07) is 50.3. The van der Waals surface area contributed by atoms with Gasteiger partial charge in [-0.15, -0.1) is 0 Å². The number of hydrogen-bond acceptors (Lipinski definition) is 2. The molecule has 6 aliphatic rings. The van der Waals surface area contributed by atoms with E-state index in [1.165, 1.54) is 106 Å². The van der Waals surface area contributed by atoms with Crippen molar-refractivity contribution in [1.82, 2.24) is 0 Å². The van der Waals surface area contributed by atoms with Crippen molar-refractivity contribution in [1.29, 1.82) is 0 Å². The lowest BCUT2D eigenvalue weighted by atomic mass is 9.76. The van der Waals surface area contributed by atoms with Crippen LogP contribution in [0.4, 0.5) is 11.4 Å². The molecule has 2 nitrogen and oxygen atoms in total. The number of para-hydroxylation sites is 1. The summed E-state index contributed by atoms with van der Waals surface area (Å²) in [4.78, 5) is 2.73. The Morgan fingerprint density at radius 3 is 2.02 bits per heavy atom. The normalized spacial score (nSPS) is 24.1. The van der Waals surface area contributed by atoms with Gasteiger partial charge in [-0.3, -0.25) is 0 Å². The Labute approximate surface area is 354 Å². The fraction of sp³-hybridized carbons (Fsp3) is 0.207. The zero-order chi connectivity index (χ0) is 40.4. The number of allylic oxidation sites excluding steroid dienone is 6. The average molecular weight is 775 g/mol. The van der Waals surface area contributed by atoms with E-state index >= 15 is 0 Å². The Hall–Kier alpha value is -6.38. The lowest BCUT2D eigenvalue weighted by Gasteiger charge is -2.37. The van der Waals surface area contributed by atoms with E-state index in [0.717, 1.165) is 6.42 Å². The molecule has 0 spiro atoms. The number of nitrogens with zero attached hydrogens (tertiary/aromatic N) is 1. The third kappa shape index (κ3) is 5.19. The van der Waals surface area contributed by atoms with Gasteiger partial charge in [0.05, 0.1) is 17.8 Å². The molecule has 60 heavy (non-hydrogen) atoms. The SMILES string of the molecule is CC1C=C2C3=C(C1)C1=CC(C4=CC(C)C(Nc5ccc6c(c5)C(C)(C)c5ccccc5-6)C(c5ccccc5)=C4)=CC(C)C1N3c1ccccc1-c1cc3ccccc3cc12. The summed E-state index contributed by atoms with van der Waals surface area (Å²) in [7, 11) is 0. The van der Waals surface area contributed by atoms with Gasteiger partial charge in [0, 0.05) is 27.9 Å². The Bertz CT molecular complexity index is 3020. The lowest BCUT2D eigenvalue weighted by Crippen LogP contribution is -2.37. The highest BCUT2D eigenvalue weighted by Crippen LogP contribution is 2.58. The van der Waals surface area contributed by atoms with Crippen LogP contribution < -0.4 is 10.2 Å². The molecule has 0 saturated carbocycles. The van der Waals surface area contributed by atoms with Crippen molar-refractivity contribution in [3.8, 4) is 22.3 Å². The van der Waals surface area contributed by atoms with E-state index in [1.54, 1.807) is 0 Å². The third-order valence-corrected chi connectivity index (χ3v) is 14.5. The topological polar surface area (TPSA) is 15.3 Å².